The zero-order chi connectivity index (χ0) is 12.5. The number of halogens is 1. The number of rotatable bonds is 2. The lowest BCUT2D eigenvalue weighted by Crippen LogP contribution is -2.17. The topological polar surface area (TPSA) is 17.1 Å². The Hall–Kier alpha value is -0.670. The summed E-state index contributed by atoms with van der Waals surface area (Å²) in [6.45, 7) is 0. The van der Waals surface area contributed by atoms with Crippen LogP contribution >= 0.6 is 27.3 Å². The molecule has 0 radical (unpaired) electrons. The minimum absolute atomic E-state index is 0.253. The van der Waals surface area contributed by atoms with Gasteiger partial charge in [0.1, 0.15) is 0 Å². The van der Waals surface area contributed by atoms with Gasteiger partial charge in [0.15, 0.2) is 5.78 Å². The Labute approximate surface area is 119 Å². The summed E-state index contributed by atoms with van der Waals surface area (Å²) < 4.78 is 2.20. The molecule has 1 heterocycles. The molecule has 1 nitrogen and oxygen atoms in total. The van der Waals surface area contributed by atoms with Crippen molar-refractivity contribution in [1.82, 2.24) is 0 Å². The summed E-state index contributed by atoms with van der Waals surface area (Å²) >= 11 is 5.24. The van der Waals surface area contributed by atoms with Gasteiger partial charge in [-0.25, -0.2) is 0 Å². The fourth-order valence-corrected chi connectivity index (χ4v) is 4.75. The zero-order valence-corrected chi connectivity index (χ0v) is 12.5. The van der Waals surface area contributed by atoms with E-state index in [1.807, 2.05) is 12.1 Å². The molecule has 0 spiro atoms. The van der Waals surface area contributed by atoms with Crippen molar-refractivity contribution in [3.8, 4) is 0 Å². The van der Waals surface area contributed by atoms with Crippen LogP contribution in [0.15, 0.2) is 28.7 Å². The molecule has 0 bridgehead atoms. The second kappa shape index (κ2) is 5.14. The van der Waals surface area contributed by atoms with Gasteiger partial charge in [-0.1, -0.05) is 37.5 Å². The van der Waals surface area contributed by atoms with Crippen molar-refractivity contribution in [1.29, 1.82) is 0 Å². The van der Waals surface area contributed by atoms with E-state index in [1.54, 1.807) is 11.3 Å². The third-order valence-corrected chi connectivity index (χ3v) is 6.01. The van der Waals surface area contributed by atoms with Gasteiger partial charge < -0.3 is 0 Å². The molecule has 1 fully saturated rings. The molecule has 0 unspecified atom stereocenters. The highest BCUT2D eigenvalue weighted by Crippen LogP contribution is 2.38. The van der Waals surface area contributed by atoms with Crippen LogP contribution < -0.4 is 0 Å². The molecular weight excluding hydrogens is 308 g/mol. The van der Waals surface area contributed by atoms with E-state index < -0.39 is 0 Å². The average Bonchev–Trinajstić information content (AvgIpc) is 2.77. The Morgan fingerprint density at radius 3 is 2.61 bits per heavy atom. The first-order valence-corrected chi connectivity index (χ1v) is 8.09. The monoisotopic (exact) mass is 322 g/mol. The van der Waals surface area contributed by atoms with Gasteiger partial charge in [0.2, 0.25) is 0 Å². The molecule has 3 heteroatoms. The molecule has 0 N–H and O–H groups in total. The van der Waals surface area contributed by atoms with Crippen molar-refractivity contribution in [2.75, 3.05) is 0 Å². The highest BCUT2D eigenvalue weighted by atomic mass is 79.9. The number of fused-ring (bicyclic) bond motifs is 1. The van der Waals surface area contributed by atoms with Gasteiger partial charge in [-0.05, 0) is 34.8 Å². The van der Waals surface area contributed by atoms with Crippen molar-refractivity contribution < 1.29 is 4.79 Å². The number of hydrogen-bond donors (Lipinski definition) is 0. The molecule has 1 aromatic carbocycles. The summed E-state index contributed by atoms with van der Waals surface area (Å²) in [5.41, 5.74) is 0. The molecule has 1 aliphatic rings. The van der Waals surface area contributed by atoms with Crippen LogP contribution in [-0.4, -0.2) is 5.78 Å². The van der Waals surface area contributed by atoms with Crippen molar-refractivity contribution in [2.24, 2.45) is 5.92 Å². The highest BCUT2D eigenvalue weighted by Gasteiger charge is 2.26. The molecule has 0 amide bonds. The number of carbonyl (C=O) groups is 1. The van der Waals surface area contributed by atoms with Gasteiger partial charge in [-0.2, -0.15) is 0 Å². The summed E-state index contributed by atoms with van der Waals surface area (Å²) in [5.74, 6) is 0.603. The quantitative estimate of drug-likeness (QED) is 0.674. The molecule has 1 saturated carbocycles. The second-order valence-electron chi connectivity index (χ2n) is 4.94. The lowest BCUT2D eigenvalue weighted by atomic mass is 9.86. The average molecular weight is 323 g/mol. The van der Waals surface area contributed by atoms with E-state index in [0.29, 0.717) is 5.78 Å². The lowest BCUT2D eigenvalue weighted by molar-refractivity contribution is 0.0893. The second-order valence-corrected chi connectivity index (χ2v) is 6.79. The number of carbonyl (C=O) groups excluding carboxylic acids is 1. The van der Waals surface area contributed by atoms with Crippen molar-refractivity contribution in [3.63, 3.8) is 0 Å². The predicted molar refractivity (Wildman–Crippen MR) is 80.4 cm³/mol. The molecule has 0 saturated heterocycles. The highest BCUT2D eigenvalue weighted by molar-refractivity contribution is 9.10. The standard InChI is InChI=1S/C15H15BrOS/c16-13-11-8-4-5-9-12(11)18-15(13)14(17)10-6-2-1-3-7-10/h4-5,8-10H,1-3,6-7H2. The van der Waals surface area contributed by atoms with Gasteiger partial charge >= 0.3 is 0 Å². The Morgan fingerprint density at radius 2 is 1.89 bits per heavy atom. The molecule has 94 valence electrons. The smallest absolute Gasteiger partial charge is 0.177 e. The normalized spacial score (nSPS) is 17.2. The molecule has 0 aliphatic heterocycles. The van der Waals surface area contributed by atoms with Crippen molar-refractivity contribution in [3.05, 3.63) is 33.6 Å². The van der Waals surface area contributed by atoms with Gasteiger partial charge in [-0.3, -0.25) is 4.79 Å². The maximum absolute atomic E-state index is 12.6. The van der Waals surface area contributed by atoms with E-state index in [1.165, 1.54) is 29.3 Å². The van der Waals surface area contributed by atoms with Crippen molar-refractivity contribution >= 4 is 43.1 Å². The van der Waals surface area contributed by atoms with Crippen LogP contribution in [0, 0.1) is 5.92 Å². The molecule has 3 rings (SSSR count). The lowest BCUT2D eigenvalue weighted by Gasteiger charge is -2.19. The van der Waals surface area contributed by atoms with Crippen LogP contribution in [0.3, 0.4) is 0 Å². The fourth-order valence-electron chi connectivity index (χ4n) is 2.72. The predicted octanol–water partition coefficient (Wildman–Crippen LogP) is 5.43. The van der Waals surface area contributed by atoms with Crippen LogP contribution in [0.1, 0.15) is 41.8 Å². The van der Waals surface area contributed by atoms with E-state index in [2.05, 4.69) is 28.1 Å². The SMILES string of the molecule is O=C(c1sc2ccccc2c1Br)C1CCCCC1. The maximum Gasteiger partial charge on any atom is 0.177 e. The van der Waals surface area contributed by atoms with Gasteiger partial charge in [0.05, 0.1) is 4.88 Å². The molecule has 0 atom stereocenters. The van der Waals surface area contributed by atoms with Gasteiger partial charge in [-0.15, -0.1) is 11.3 Å². The third kappa shape index (κ3) is 2.14. The van der Waals surface area contributed by atoms with Crippen molar-refractivity contribution in [2.45, 2.75) is 32.1 Å². The van der Waals surface area contributed by atoms with E-state index in [0.717, 1.165) is 22.2 Å². The third-order valence-electron chi connectivity index (χ3n) is 3.73. The number of Topliss-reactive ketones (excluding diaryl/α,β-unsaturated/α-hetero) is 1. The Kier molecular flexibility index (Phi) is 3.53. The summed E-state index contributed by atoms with van der Waals surface area (Å²) in [4.78, 5) is 13.5. The maximum atomic E-state index is 12.6. The Balaban J connectivity index is 1.98. The zero-order valence-electron chi connectivity index (χ0n) is 10.1. The van der Waals surface area contributed by atoms with E-state index in [4.69, 9.17) is 0 Å². The van der Waals surface area contributed by atoms with Crippen LogP contribution in [0.4, 0.5) is 0 Å². The van der Waals surface area contributed by atoms with E-state index in [-0.39, 0.29) is 5.92 Å². The molecule has 18 heavy (non-hydrogen) atoms. The summed E-state index contributed by atoms with van der Waals surface area (Å²) in [5, 5.41) is 1.17. The molecule has 2 aromatic rings. The van der Waals surface area contributed by atoms with Gasteiger partial charge in [0, 0.05) is 20.5 Å². The van der Waals surface area contributed by atoms with Gasteiger partial charge in [0.25, 0.3) is 0 Å². The summed E-state index contributed by atoms with van der Waals surface area (Å²) in [7, 11) is 0. The Morgan fingerprint density at radius 1 is 1.17 bits per heavy atom. The number of hydrogen-bond acceptors (Lipinski definition) is 2. The molecule has 1 aliphatic carbocycles. The van der Waals surface area contributed by atoms with E-state index >= 15 is 0 Å². The molecule has 1 aromatic heterocycles. The van der Waals surface area contributed by atoms with Crippen LogP contribution in [0.5, 0.6) is 0 Å². The first-order chi connectivity index (χ1) is 8.77. The minimum Gasteiger partial charge on any atom is -0.293 e. The van der Waals surface area contributed by atoms with Crippen LogP contribution in [0.25, 0.3) is 10.1 Å². The summed E-state index contributed by atoms with van der Waals surface area (Å²) in [6.07, 6.45) is 5.84. The summed E-state index contributed by atoms with van der Waals surface area (Å²) in [6, 6.07) is 8.21. The first kappa shape index (κ1) is 12.4. The largest absolute Gasteiger partial charge is 0.293 e. The first-order valence-electron chi connectivity index (χ1n) is 6.48. The number of thiophene rings is 1. The molecular formula is C15H15BrOS. The van der Waals surface area contributed by atoms with Crippen LogP contribution in [0.2, 0.25) is 0 Å². The minimum atomic E-state index is 0.253. The Bertz CT molecular complexity index is 581. The van der Waals surface area contributed by atoms with E-state index in [9.17, 15) is 4.79 Å². The number of benzene rings is 1. The van der Waals surface area contributed by atoms with Crippen LogP contribution in [-0.2, 0) is 0 Å². The fraction of sp³-hybridized carbons (Fsp3) is 0.400. The number of ketones is 1.